The van der Waals surface area contributed by atoms with Gasteiger partial charge in [0.05, 0.1) is 0 Å². The predicted octanol–water partition coefficient (Wildman–Crippen LogP) is -0.0214. The fraction of sp³-hybridized carbons (Fsp3) is 0.269. The Labute approximate surface area is 192 Å². The molecule has 1 aromatic heterocycles. The maximum absolute atomic E-state index is 13.6. The zero-order valence-electron chi connectivity index (χ0n) is 19.0. The summed E-state index contributed by atoms with van der Waals surface area (Å²) in [5.41, 5.74) is 0.897. The van der Waals surface area contributed by atoms with Crippen molar-refractivity contribution in [2.45, 2.75) is 6.54 Å². The average Bonchev–Trinajstić information content (AvgIpc) is 2.84. The average molecular weight is 445 g/mol. The summed E-state index contributed by atoms with van der Waals surface area (Å²) >= 11 is 0. The number of likely N-dealkylation sites (N-methyl/N-ethyl adjacent to an activating group) is 1. The summed E-state index contributed by atoms with van der Waals surface area (Å²) in [4.78, 5) is 44.0. The van der Waals surface area contributed by atoms with Crippen LogP contribution in [0.25, 0.3) is 12.2 Å². The van der Waals surface area contributed by atoms with Gasteiger partial charge in [0.2, 0.25) is 5.91 Å². The summed E-state index contributed by atoms with van der Waals surface area (Å²) in [5.74, 6) is -0.160. The predicted molar refractivity (Wildman–Crippen MR) is 129 cm³/mol. The van der Waals surface area contributed by atoms with Crippen LogP contribution in [0.5, 0.6) is 0 Å². The highest BCUT2D eigenvalue weighted by molar-refractivity contribution is 5.76. The normalized spacial score (nSPS) is 15.8. The van der Waals surface area contributed by atoms with Crippen LogP contribution in [0.4, 0.5) is 0 Å². The van der Waals surface area contributed by atoms with Crippen LogP contribution < -0.4 is 21.8 Å². The molecule has 7 heteroatoms. The molecule has 4 rings (SSSR count). The van der Waals surface area contributed by atoms with E-state index in [0.29, 0.717) is 13.1 Å². The van der Waals surface area contributed by atoms with Crippen molar-refractivity contribution >= 4 is 18.1 Å². The fourth-order valence-corrected chi connectivity index (χ4v) is 3.95. The molecular formula is C26H28N4O3. The van der Waals surface area contributed by atoms with Crippen molar-refractivity contribution in [2.24, 2.45) is 7.05 Å². The van der Waals surface area contributed by atoms with Gasteiger partial charge in [0.1, 0.15) is 17.2 Å². The van der Waals surface area contributed by atoms with Crippen LogP contribution in [-0.4, -0.2) is 58.1 Å². The Morgan fingerprint density at radius 3 is 1.82 bits per heavy atom. The smallest absolute Gasteiger partial charge is 0.275 e. The number of nitrogens with zero attached hydrogens (tertiary/aromatic N) is 4. The third kappa shape index (κ3) is 5.04. The van der Waals surface area contributed by atoms with E-state index in [-0.39, 0.29) is 34.3 Å². The number of amides is 1. The summed E-state index contributed by atoms with van der Waals surface area (Å²) in [6, 6.07) is 18.7. The summed E-state index contributed by atoms with van der Waals surface area (Å²) in [6.45, 7) is 2.61. The van der Waals surface area contributed by atoms with E-state index >= 15 is 0 Å². The molecule has 0 N–H and O–H groups in total. The van der Waals surface area contributed by atoms with E-state index in [1.807, 2.05) is 67.7 Å². The van der Waals surface area contributed by atoms with E-state index in [0.717, 1.165) is 24.2 Å². The Kier molecular flexibility index (Phi) is 6.70. The molecule has 1 fully saturated rings. The van der Waals surface area contributed by atoms with Gasteiger partial charge >= 0.3 is 0 Å². The minimum atomic E-state index is -0.370. The van der Waals surface area contributed by atoms with Crippen molar-refractivity contribution in [3.63, 3.8) is 0 Å². The van der Waals surface area contributed by atoms with Crippen LogP contribution in [0.3, 0.4) is 0 Å². The molecule has 2 heterocycles. The first-order valence-electron chi connectivity index (χ1n) is 11.0. The highest BCUT2D eigenvalue weighted by atomic mass is 16.2. The molecule has 2 aromatic carbocycles. The zero-order chi connectivity index (χ0) is 23.4. The Morgan fingerprint density at radius 2 is 1.27 bits per heavy atom. The van der Waals surface area contributed by atoms with Gasteiger partial charge in [-0.3, -0.25) is 19.0 Å². The quantitative estimate of drug-likeness (QED) is 0.567. The van der Waals surface area contributed by atoms with E-state index < -0.39 is 0 Å². The Balaban J connectivity index is 1.89. The lowest BCUT2D eigenvalue weighted by atomic mass is 10.2. The maximum Gasteiger partial charge on any atom is 0.275 e. The second-order valence-corrected chi connectivity index (χ2v) is 8.32. The van der Waals surface area contributed by atoms with Crippen LogP contribution in [0.2, 0.25) is 0 Å². The first kappa shape index (κ1) is 22.5. The summed E-state index contributed by atoms with van der Waals surface area (Å²) in [6.07, 6.45) is 3.36. The van der Waals surface area contributed by atoms with Crippen molar-refractivity contribution in [1.82, 2.24) is 18.9 Å². The maximum atomic E-state index is 13.6. The van der Waals surface area contributed by atoms with Crippen molar-refractivity contribution in [3.05, 3.63) is 103 Å². The van der Waals surface area contributed by atoms with Gasteiger partial charge in [0.25, 0.3) is 11.1 Å². The van der Waals surface area contributed by atoms with Gasteiger partial charge in [-0.05, 0) is 30.3 Å². The SMILES string of the molecule is CN1CCN(C(=O)Cn2c(=O)/c(=C/c3ccccc3)n(C)c(=O)/c2=C/c2ccccc2)CC1. The molecular weight excluding hydrogens is 416 g/mol. The standard InChI is InChI=1S/C26H28N4O3/c1-27-13-15-29(16-14-27)24(31)19-30-23(18-21-11-7-4-8-12-21)25(32)28(2)22(26(30)33)17-20-9-5-3-6-10-20/h3-12,17-18H,13-16,19H2,1-2H3/b22-17-,23-18-. The summed E-state index contributed by atoms with van der Waals surface area (Å²) in [7, 11) is 3.61. The minimum Gasteiger partial charge on any atom is -0.339 e. The Bertz CT molecular complexity index is 1370. The van der Waals surface area contributed by atoms with Crippen LogP contribution in [0.15, 0.2) is 70.3 Å². The van der Waals surface area contributed by atoms with Crippen LogP contribution >= 0.6 is 0 Å². The topological polar surface area (TPSA) is 67.5 Å². The second-order valence-electron chi connectivity index (χ2n) is 8.32. The zero-order valence-corrected chi connectivity index (χ0v) is 19.0. The van der Waals surface area contributed by atoms with Crippen molar-refractivity contribution in [2.75, 3.05) is 33.2 Å². The number of carbonyl (C=O) groups excluding carboxylic acids is 1. The summed E-state index contributed by atoms with van der Waals surface area (Å²) < 4.78 is 2.69. The monoisotopic (exact) mass is 444 g/mol. The van der Waals surface area contributed by atoms with E-state index in [1.54, 1.807) is 24.1 Å². The van der Waals surface area contributed by atoms with Gasteiger partial charge in [0, 0.05) is 33.2 Å². The second kappa shape index (κ2) is 9.83. The lowest BCUT2D eigenvalue weighted by Crippen LogP contribution is -2.59. The molecule has 0 atom stereocenters. The number of benzene rings is 2. The number of hydrogen-bond donors (Lipinski definition) is 0. The van der Waals surface area contributed by atoms with E-state index in [2.05, 4.69) is 4.90 Å². The molecule has 1 aliphatic heterocycles. The van der Waals surface area contributed by atoms with E-state index in [9.17, 15) is 14.4 Å². The highest BCUT2D eigenvalue weighted by Crippen LogP contribution is 2.01. The van der Waals surface area contributed by atoms with Gasteiger partial charge in [-0.15, -0.1) is 0 Å². The highest BCUT2D eigenvalue weighted by Gasteiger charge is 2.21. The molecule has 7 nitrogen and oxygen atoms in total. The molecule has 1 saturated heterocycles. The third-order valence-corrected chi connectivity index (χ3v) is 6.00. The van der Waals surface area contributed by atoms with Gasteiger partial charge in [-0.1, -0.05) is 60.7 Å². The molecule has 1 aliphatic rings. The molecule has 0 radical (unpaired) electrons. The van der Waals surface area contributed by atoms with Gasteiger partial charge in [0.15, 0.2) is 0 Å². The molecule has 170 valence electrons. The van der Waals surface area contributed by atoms with Crippen LogP contribution in [0.1, 0.15) is 11.1 Å². The Hall–Kier alpha value is -3.71. The summed E-state index contributed by atoms with van der Waals surface area (Å²) in [5, 5.41) is 0.434. The molecule has 1 amide bonds. The van der Waals surface area contributed by atoms with E-state index in [4.69, 9.17) is 0 Å². The Morgan fingerprint density at radius 1 is 0.758 bits per heavy atom. The van der Waals surface area contributed by atoms with Crippen molar-refractivity contribution in [3.8, 4) is 0 Å². The van der Waals surface area contributed by atoms with Crippen molar-refractivity contribution < 1.29 is 4.79 Å². The lowest BCUT2D eigenvalue weighted by Gasteiger charge is -2.32. The third-order valence-electron chi connectivity index (χ3n) is 6.00. The van der Waals surface area contributed by atoms with E-state index in [1.165, 1.54) is 9.13 Å². The lowest BCUT2D eigenvalue weighted by molar-refractivity contribution is -0.133. The van der Waals surface area contributed by atoms with Crippen LogP contribution in [0, 0.1) is 0 Å². The van der Waals surface area contributed by atoms with Crippen LogP contribution in [-0.2, 0) is 18.4 Å². The molecule has 0 unspecified atom stereocenters. The first-order chi connectivity index (χ1) is 15.9. The van der Waals surface area contributed by atoms with Gasteiger partial charge in [-0.25, -0.2) is 0 Å². The minimum absolute atomic E-state index is 0.160. The molecule has 33 heavy (non-hydrogen) atoms. The molecule has 0 spiro atoms. The molecule has 3 aromatic rings. The molecule has 0 aliphatic carbocycles. The number of rotatable bonds is 4. The van der Waals surface area contributed by atoms with Crippen molar-refractivity contribution in [1.29, 1.82) is 0 Å². The molecule has 0 bridgehead atoms. The number of aromatic nitrogens is 2. The van der Waals surface area contributed by atoms with Gasteiger partial charge in [-0.2, -0.15) is 0 Å². The molecule has 0 saturated carbocycles. The number of carbonyl (C=O) groups is 1. The number of hydrogen-bond acceptors (Lipinski definition) is 4. The fourth-order valence-electron chi connectivity index (χ4n) is 3.95. The largest absolute Gasteiger partial charge is 0.339 e. The van der Waals surface area contributed by atoms with Gasteiger partial charge < -0.3 is 14.4 Å². The first-order valence-corrected chi connectivity index (χ1v) is 11.0. The number of piperazine rings is 1.